The van der Waals surface area contributed by atoms with Gasteiger partial charge in [-0.05, 0) is 37.6 Å². The molecule has 5 heteroatoms. The predicted octanol–water partition coefficient (Wildman–Crippen LogP) is 5.10. The summed E-state index contributed by atoms with van der Waals surface area (Å²) < 4.78 is 34.2. The normalized spacial score (nSPS) is 11.8. The monoisotopic (exact) mass is 330 g/mol. The molecule has 0 spiro atoms. The summed E-state index contributed by atoms with van der Waals surface area (Å²) in [7, 11) is 0. The molecule has 24 heavy (non-hydrogen) atoms. The SMILES string of the molecule is CC[C@H](NCCCC#N)c1ccc(F)c(Oc2ccccc2)c1F. The van der Waals surface area contributed by atoms with Crippen molar-refractivity contribution in [3.63, 3.8) is 0 Å². The van der Waals surface area contributed by atoms with E-state index in [0.29, 0.717) is 37.1 Å². The number of hydrogen-bond donors (Lipinski definition) is 1. The van der Waals surface area contributed by atoms with Crippen LogP contribution in [-0.2, 0) is 0 Å². The topological polar surface area (TPSA) is 45.0 Å². The molecule has 0 radical (unpaired) electrons. The number of ether oxygens (including phenoxy) is 1. The fourth-order valence-corrected chi connectivity index (χ4v) is 2.43. The van der Waals surface area contributed by atoms with Gasteiger partial charge in [0.05, 0.1) is 6.07 Å². The van der Waals surface area contributed by atoms with Crippen LogP contribution < -0.4 is 10.1 Å². The van der Waals surface area contributed by atoms with Gasteiger partial charge in [-0.2, -0.15) is 5.26 Å². The largest absolute Gasteiger partial charge is 0.451 e. The van der Waals surface area contributed by atoms with Gasteiger partial charge in [-0.3, -0.25) is 0 Å². The second kappa shape index (κ2) is 8.99. The standard InChI is InChI=1S/C19H20F2N2O/c1-2-17(23-13-7-6-12-22)15-10-11-16(20)19(18(15)21)24-14-8-4-3-5-9-14/h3-5,8-11,17,23H,2,6-7,13H2,1H3/t17-/m0/s1. The summed E-state index contributed by atoms with van der Waals surface area (Å²) in [6.45, 7) is 2.51. The number of nitriles is 1. The summed E-state index contributed by atoms with van der Waals surface area (Å²) in [6, 6.07) is 13.0. The van der Waals surface area contributed by atoms with Crippen molar-refractivity contribution in [3.05, 3.63) is 59.7 Å². The minimum absolute atomic E-state index is 0.262. The lowest BCUT2D eigenvalue weighted by atomic mass is 10.0. The minimum atomic E-state index is -0.737. The van der Waals surface area contributed by atoms with E-state index in [0.717, 1.165) is 0 Å². The fourth-order valence-electron chi connectivity index (χ4n) is 2.43. The van der Waals surface area contributed by atoms with E-state index in [9.17, 15) is 8.78 Å². The van der Waals surface area contributed by atoms with E-state index in [-0.39, 0.29) is 6.04 Å². The molecular weight excluding hydrogens is 310 g/mol. The molecule has 0 amide bonds. The van der Waals surface area contributed by atoms with Crippen molar-refractivity contribution in [2.75, 3.05) is 6.54 Å². The quantitative estimate of drug-likeness (QED) is 0.685. The van der Waals surface area contributed by atoms with Gasteiger partial charge in [0.2, 0.25) is 0 Å². The Morgan fingerprint density at radius 2 is 1.92 bits per heavy atom. The molecular formula is C19H20F2N2O. The first-order valence-corrected chi connectivity index (χ1v) is 7.98. The van der Waals surface area contributed by atoms with Crippen LogP contribution in [0.15, 0.2) is 42.5 Å². The van der Waals surface area contributed by atoms with Gasteiger partial charge in [0.1, 0.15) is 5.75 Å². The molecule has 0 saturated heterocycles. The number of para-hydroxylation sites is 1. The van der Waals surface area contributed by atoms with Crippen LogP contribution in [0.25, 0.3) is 0 Å². The molecule has 126 valence electrons. The molecule has 0 fully saturated rings. The Bertz CT molecular complexity index is 699. The molecule has 0 heterocycles. The van der Waals surface area contributed by atoms with Gasteiger partial charge in [-0.25, -0.2) is 8.78 Å². The van der Waals surface area contributed by atoms with Crippen LogP contribution >= 0.6 is 0 Å². The molecule has 2 aromatic carbocycles. The molecule has 0 aliphatic rings. The average Bonchev–Trinajstić information content (AvgIpc) is 2.61. The molecule has 2 rings (SSSR count). The minimum Gasteiger partial charge on any atom is -0.451 e. The van der Waals surface area contributed by atoms with Crippen LogP contribution in [0.1, 0.15) is 37.8 Å². The van der Waals surface area contributed by atoms with E-state index < -0.39 is 17.4 Å². The zero-order valence-electron chi connectivity index (χ0n) is 13.6. The van der Waals surface area contributed by atoms with Crippen molar-refractivity contribution in [2.45, 2.75) is 32.2 Å². The zero-order chi connectivity index (χ0) is 17.4. The molecule has 2 aromatic rings. The molecule has 3 nitrogen and oxygen atoms in total. The third kappa shape index (κ3) is 4.53. The summed E-state index contributed by atoms with van der Waals surface area (Å²) in [4.78, 5) is 0. The van der Waals surface area contributed by atoms with Crippen molar-refractivity contribution >= 4 is 0 Å². The van der Waals surface area contributed by atoms with Crippen molar-refractivity contribution in [1.82, 2.24) is 5.32 Å². The Hall–Kier alpha value is -2.45. The van der Waals surface area contributed by atoms with Crippen LogP contribution in [0, 0.1) is 23.0 Å². The van der Waals surface area contributed by atoms with Crippen molar-refractivity contribution < 1.29 is 13.5 Å². The van der Waals surface area contributed by atoms with Crippen LogP contribution in [-0.4, -0.2) is 6.54 Å². The summed E-state index contributed by atoms with van der Waals surface area (Å²) in [5.74, 6) is -1.45. The fraction of sp³-hybridized carbons (Fsp3) is 0.316. The first-order valence-electron chi connectivity index (χ1n) is 7.98. The van der Waals surface area contributed by atoms with Gasteiger partial charge >= 0.3 is 0 Å². The van der Waals surface area contributed by atoms with Crippen LogP contribution in [0.2, 0.25) is 0 Å². The third-order valence-electron chi connectivity index (χ3n) is 3.68. The first-order chi connectivity index (χ1) is 11.7. The maximum Gasteiger partial charge on any atom is 0.198 e. The Kier molecular flexibility index (Phi) is 6.71. The van der Waals surface area contributed by atoms with E-state index in [1.54, 1.807) is 30.3 Å². The van der Waals surface area contributed by atoms with Crippen LogP contribution in [0.4, 0.5) is 8.78 Å². The summed E-state index contributed by atoms with van der Waals surface area (Å²) in [5.41, 5.74) is 0.363. The van der Waals surface area contributed by atoms with Crippen molar-refractivity contribution in [2.24, 2.45) is 0 Å². The Labute approximate surface area is 140 Å². The zero-order valence-corrected chi connectivity index (χ0v) is 13.6. The number of benzene rings is 2. The lowest BCUT2D eigenvalue weighted by Gasteiger charge is -2.19. The number of halogens is 2. The lowest BCUT2D eigenvalue weighted by Crippen LogP contribution is -2.23. The number of nitrogens with zero attached hydrogens (tertiary/aromatic N) is 1. The highest BCUT2D eigenvalue weighted by Crippen LogP contribution is 2.32. The average molecular weight is 330 g/mol. The molecule has 0 aliphatic heterocycles. The molecule has 1 N–H and O–H groups in total. The molecule has 1 atom stereocenters. The maximum atomic E-state index is 14.8. The van der Waals surface area contributed by atoms with Gasteiger partial charge in [-0.1, -0.05) is 31.2 Å². The van der Waals surface area contributed by atoms with Gasteiger partial charge in [0, 0.05) is 18.0 Å². The lowest BCUT2D eigenvalue weighted by molar-refractivity contribution is 0.395. The highest BCUT2D eigenvalue weighted by atomic mass is 19.1. The Balaban J connectivity index is 2.21. The Morgan fingerprint density at radius 1 is 1.17 bits per heavy atom. The number of nitrogens with one attached hydrogen (secondary N) is 1. The molecule has 0 aliphatic carbocycles. The third-order valence-corrected chi connectivity index (χ3v) is 3.68. The summed E-state index contributed by atoms with van der Waals surface area (Å²) in [5, 5.41) is 11.8. The highest BCUT2D eigenvalue weighted by molar-refractivity contribution is 5.38. The van der Waals surface area contributed by atoms with E-state index >= 15 is 0 Å². The molecule has 0 unspecified atom stereocenters. The first kappa shape index (κ1) is 17.9. The Morgan fingerprint density at radius 3 is 2.58 bits per heavy atom. The van der Waals surface area contributed by atoms with Crippen LogP contribution in [0.5, 0.6) is 11.5 Å². The van der Waals surface area contributed by atoms with Crippen LogP contribution in [0.3, 0.4) is 0 Å². The van der Waals surface area contributed by atoms with Crippen molar-refractivity contribution in [1.29, 1.82) is 5.26 Å². The van der Waals surface area contributed by atoms with E-state index in [1.807, 2.05) is 6.92 Å². The highest BCUT2D eigenvalue weighted by Gasteiger charge is 2.21. The second-order valence-corrected chi connectivity index (χ2v) is 5.37. The van der Waals surface area contributed by atoms with E-state index in [1.165, 1.54) is 12.1 Å². The number of unbranched alkanes of at least 4 members (excludes halogenated alkanes) is 1. The van der Waals surface area contributed by atoms with Gasteiger partial charge in [-0.15, -0.1) is 0 Å². The number of rotatable bonds is 8. The van der Waals surface area contributed by atoms with E-state index in [4.69, 9.17) is 10.00 Å². The molecule has 0 aromatic heterocycles. The maximum absolute atomic E-state index is 14.8. The number of hydrogen-bond acceptors (Lipinski definition) is 3. The smallest absolute Gasteiger partial charge is 0.198 e. The molecule has 0 saturated carbocycles. The molecule has 0 bridgehead atoms. The second-order valence-electron chi connectivity index (χ2n) is 5.37. The summed E-state index contributed by atoms with van der Waals surface area (Å²) >= 11 is 0. The predicted molar refractivity (Wildman–Crippen MR) is 88.8 cm³/mol. The summed E-state index contributed by atoms with van der Waals surface area (Å²) in [6.07, 6.45) is 1.76. The van der Waals surface area contributed by atoms with Gasteiger partial charge in [0.15, 0.2) is 17.4 Å². The van der Waals surface area contributed by atoms with Gasteiger partial charge < -0.3 is 10.1 Å². The van der Waals surface area contributed by atoms with E-state index in [2.05, 4.69) is 11.4 Å². The van der Waals surface area contributed by atoms with Crippen molar-refractivity contribution in [3.8, 4) is 17.6 Å². The van der Waals surface area contributed by atoms with Gasteiger partial charge in [0.25, 0.3) is 0 Å².